The Morgan fingerprint density at radius 3 is 2.48 bits per heavy atom. The van der Waals surface area contributed by atoms with E-state index in [0.717, 1.165) is 18.4 Å². The maximum atomic E-state index is 12.8. The Kier molecular flexibility index (Phi) is 3.53. The van der Waals surface area contributed by atoms with Gasteiger partial charge in [0.1, 0.15) is 0 Å². The van der Waals surface area contributed by atoms with Crippen molar-refractivity contribution in [3.05, 3.63) is 29.8 Å². The molecule has 0 aliphatic carbocycles. The van der Waals surface area contributed by atoms with E-state index in [1.165, 1.54) is 4.31 Å². The highest BCUT2D eigenvalue weighted by Crippen LogP contribution is 2.35. The lowest BCUT2D eigenvalue weighted by Crippen LogP contribution is -2.38. The molecule has 0 unspecified atom stereocenters. The lowest BCUT2D eigenvalue weighted by atomic mass is 10.1. The second kappa shape index (κ2) is 5.10. The molecule has 0 saturated carbocycles. The Labute approximate surface area is 125 Å². The molecular weight excluding hydrogens is 288 g/mol. The zero-order valence-electron chi connectivity index (χ0n) is 12.3. The van der Waals surface area contributed by atoms with Crippen molar-refractivity contribution in [2.75, 3.05) is 13.6 Å². The summed E-state index contributed by atoms with van der Waals surface area (Å²) in [5.74, 6) is 0.0335. The van der Waals surface area contributed by atoms with E-state index in [0.29, 0.717) is 17.9 Å². The van der Waals surface area contributed by atoms with Gasteiger partial charge in [0, 0.05) is 26.1 Å². The summed E-state index contributed by atoms with van der Waals surface area (Å²) in [6, 6.07) is 6.86. The van der Waals surface area contributed by atoms with Gasteiger partial charge >= 0.3 is 0 Å². The normalized spacial score (nSPS) is 26.4. The predicted octanol–water partition coefficient (Wildman–Crippen LogP) is 1.24. The molecule has 1 aromatic carbocycles. The molecule has 5 nitrogen and oxygen atoms in total. The van der Waals surface area contributed by atoms with Gasteiger partial charge in [-0.25, -0.2) is 8.42 Å². The molecule has 2 heterocycles. The van der Waals surface area contributed by atoms with Crippen molar-refractivity contribution in [3.63, 3.8) is 0 Å². The third-order valence-electron chi connectivity index (χ3n) is 4.67. The molecule has 2 aliphatic heterocycles. The van der Waals surface area contributed by atoms with Gasteiger partial charge in [0.25, 0.3) is 0 Å². The number of likely N-dealkylation sites (N-methyl/N-ethyl adjacent to an activating group) is 1. The van der Waals surface area contributed by atoms with E-state index in [9.17, 15) is 13.2 Å². The fraction of sp³-hybridized carbons (Fsp3) is 0.533. The Morgan fingerprint density at radius 1 is 1.19 bits per heavy atom. The van der Waals surface area contributed by atoms with Crippen LogP contribution in [0.3, 0.4) is 0 Å². The Balaban J connectivity index is 1.90. The maximum absolute atomic E-state index is 12.8. The average Bonchev–Trinajstić information content (AvgIpc) is 3.01. The zero-order chi connectivity index (χ0) is 15.2. The van der Waals surface area contributed by atoms with Crippen LogP contribution in [0.5, 0.6) is 0 Å². The van der Waals surface area contributed by atoms with Crippen LogP contribution in [0.4, 0.5) is 0 Å². The molecule has 0 radical (unpaired) electrons. The van der Waals surface area contributed by atoms with Crippen molar-refractivity contribution in [1.29, 1.82) is 0 Å². The van der Waals surface area contributed by atoms with Gasteiger partial charge in [-0.15, -0.1) is 0 Å². The second-order valence-electron chi connectivity index (χ2n) is 5.75. The zero-order valence-corrected chi connectivity index (χ0v) is 13.1. The van der Waals surface area contributed by atoms with Gasteiger partial charge < -0.3 is 4.90 Å². The maximum Gasteiger partial charge on any atom is 0.243 e. The molecule has 3 rings (SSSR count). The van der Waals surface area contributed by atoms with Crippen LogP contribution in [0, 0.1) is 0 Å². The SMILES string of the molecule is CCc1ccc(S(=O)(=O)N2CC[C@@H]3[C@@H]2CC(=O)N3C)cc1. The Hall–Kier alpha value is -1.40. The summed E-state index contributed by atoms with van der Waals surface area (Å²) >= 11 is 0. The van der Waals surface area contributed by atoms with Crippen LogP contribution < -0.4 is 0 Å². The van der Waals surface area contributed by atoms with E-state index in [1.54, 1.807) is 24.1 Å². The minimum atomic E-state index is -3.51. The van der Waals surface area contributed by atoms with E-state index >= 15 is 0 Å². The molecule has 2 atom stereocenters. The van der Waals surface area contributed by atoms with Gasteiger partial charge in [-0.3, -0.25) is 4.79 Å². The topological polar surface area (TPSA) is 57.7 Å². The Bertz CT molecular complexity index is 654. The molecule has 2 aliphatic rings. The summed E-state index contributed by atoms with van der Waals surface area (Å²) in [4.78, 5) is 13.8. The molecule has 6 heteroatoms. The van der Waals surface area contributed by atoms with E-state index in [2.05, 4.69) is 0 Å². The van der Waals surface area contributed by atoms with Crippen LogP contribution in [-0.4, -0.2) is 49.2 Å². The molecular formula is C15H20N2O3S. The third-order valence-corrected chi connectivity index (χ3v) is 6.61. The second-order valence-corrected chi connectivity index (χ2v) is 7.64. The van der Waals surface area contributed by atoms with Crippen LogP contribution >= 0.6 is 0 Å². The van der Waals surface area contributed by atoms with Gasteiger partial charge in [-0.05, 0) is 30.5 Å². The largest absolute Gasteiger partial charge is 0.341 e. The number of hydrogen-bond acceptors (Lipinski definition) is 3. The highest BCUT2D eigenvalue weighted by Gasteiger charge is 2.49. The summed E-state index contributed by atoms with van der Waals surface area (Å²) in [6.07, 6.45) is 1.90. The van der Waals surface area contributed by atoms with Crippen LogP contribution in [0.25, 0.3) is 0 Å². The number of likely N-dealkylation sites (tertiary alicyclic amines) is 1. The molecule has 2 fully saturated rings. The van der Waals surface area contributed by atoms with E-state index in [-0.39, 0.29) is 18.0 Å². The monoisotopic (exact) mass is 308 g/mol. The van der Waals surface area contributed by atoms with Crippen LogP contribution in [0.15, 0.2) is 29.2 Å². The number of amides is 1. The van der Waals surface area contributed by atoms with Crippen molar-refractivity contribution in [3.8, 4) is 0 Å². The fourth-order valence-electron chi connectivity index (χ4n) is 3.34. The van der Waals surface area contributed by atoms with Gasteiger partial charge in [0.2, 0.25) is 15.9 Å². The highest BCUT2D eigenvalue weighted by molar-refractivity contribution is 7.89. The van der Waals surface area contributed by atoms with Crippen molar-refractivity contribution in [2.24, 2.45) is 0 Å². The summed E-state index contributed by atoms with van der Waals surface area (Å²) < 4.78 is 27.1. The van der Waals surface area contributed by atoms with Crippen molar-refractivity contribution >= 4 is 15.9 Å². The lowest BCUT2D eigenvalue weighted by molar-refractivity contribution is -0.127. The lowest BCUT2D eigenvalue weighted by Gasteiger charge is -2.23. The third kappa shape index (κ3) is 2.26. The van der Waals surface area contributed by atoms with E-state index < -0.39 is 10.0 Å². The quantitative estimate of drug-likeness (QED) is 0.844. The number of hydrogen-bond donors (Lipinski definition) is 0. The Morgan fingerprint density at radius 2 is 1.86 bits per heavy atom. The van der Waals surface area contributed by atoms with Crippen LogP contribution in [0.1, 0.15) is 25.3 Å². The first-order valence-electron chi connectivity index (χ1n) is 7.31. The van der Waals surface area contributed by atoms with Gasteiger partial charge in [-0.2, -0.15) is 4.31 Å². The average molecular weight is 308 g/mol. The number of sulfonamides is 1. The first-order valence-corrected chi connectivity index (χ1v) is 8.75. The number of benzene rings is 1. The minimum absolute atomic E-state index is 0.0298. The number of rotatable bonds is 3. The summed E-state index contributed by atoms with van der Waals surface area (Å²) in [7, 11) is -1.75. The van der Waals surface area contributed by atoms with Crippen molar-refractivity contribution in [1.82, 2.24) is 9.21 Å². The first kappa shape index (κ1) is 14.5. The number of aryl methyl sites for hydroxylation is 1. The molecule has 1 amide bonds. The molecule has 114 valence electrons. The minimum Gasteiger partial charge on any atom is -0.341 e. The molecule has 0 aromatic heterocycles. The number of carbonyl (C=O) groups is 1. The number of carbonyl (C=O) groups excluding carboxylic acids is 1. The molecule has 21 heavy (non-hydrogen) atoms. The van der Waals surface area contributed by atoms with E-state index in [4.69, 9.17) is 0 Å². The smallest absolute Gasteiger partial charge is 0.243 e. The predicted molar refractivity (Wildman–Crippen MR) is 79.3 cm³/mol. The standard InChI is InChI=1S/C15H20N2O3S/c1-3-11-4-6-12(7-5-11)21(19,20)17-9-8-13-14(17)10-15(18)16(13)2/h4-7,13-14H,3,8-10H2,1-2H3/t13-,14+/m1/s1. The summed E-state index contributed by atoms with van der Waals surface area (Å²) in [5, 5.41) is 0. The first-order chi connectivity index (χ1) is 9.95. The number of nitrogens with zero attached hydrogens (tertiary/aromatic N) is 2. The van der Waals surface area contributed by atoms with Gasteiger partial charge in [-0.1, -0.05) is 19.1 Å². The van der Waals surface area contributed by atoms with Gasteiger partial charge in [0.05, 0.1) is 10.9 Å². The van der Waals surface area contributed by atoms with Gasteiger partial charge in [0.15, 0.2) is 0 Å². The molecule has 0 bridgehead atoms. The molecule has 2 saturated heterocycles. The molecule has 1 aromatic rings. The molecule has 0 spiro atoms. The number of fused-ring (bicyclic) bond motifs is 1. The molecule has 0 N–H and O–H groups in total. The highest BCUT2D eigenvalue weighted by atomic mass is 32.2. The van der Waals surface area contributed by atoms with Crippen molar-refractivity contribution in [2.45, 2.75) is 43.2 Å². The summed E-state index contributed by atoms with van der Waals surface area (Å²) in [6.45, 7) is 2.53. The van der Waals surface area contributed by atoms with E-state index in [1.807, 2.05) is 19.1 Å². The van der Waals surface area contributed by atoms with Crippen LogP contribution in [-0.2, 0) is 21.2 Å². The van der Waals surface area contributed by atoms with Crippen molar-refractivity contribution < 1.29 is 13.2 Å². The fourth-order valence-corrected chi connectivity index (χ4v) is 5.01. The van der Waals surface area contributed by atoms with Crippen LogP contribution in [0.2, 0.25) is 0 Å². The summed E-state index contributed by atoms with van der Waals surface area (Å²) in [5.41, 5.74) is 1.11.